The minimum Gasteiger partial charge on any atom is -0.338 e. The van der Waals surface area contributed by atoms with E-state index in [2.05, 4.69) is 11.1 Å². The molecule has 0 saturated heterocycles. The zero-order valence-corrected chi connectivity index (χ0v) is 11.7. The van der Waals surface area contributed by atoms with Crippen molar-refractivity contribution in [2.45, 2.75) is 6.54 Å². The average molecular weight is 277 g/mol. The molecule has 0 saturated carbocycles. The Morgan fingerprint density at radius 1 is 1.33 bits per heavy atom. The molecule has 0 radical (unpaired) electrons. The van der Waals surface area contributed by atoms with Crippen LogP contribution in [0.2, 0.25) is 0 Å². The predicted octanol–water partition coefficient (Wildman–Crippen LogP) is 2.63. The van der Waals surface area contributed by atoms with Gasteiger partial charge in [-0.05, 0) is 35.4 Å². The van der Waals surface area contributed by atoms with Gasteiger partial charge in [0.2, 0.25) is 5.91 Å². The first-order valence-electron chi connectivity index (χ1n) is 6.51. The Kier molecular flexibility index (Phi) is 4.84. The summed E-state index contributed by atoms with van der Waals surface area (Å²) < 4.78 is 0. The van der Waals surface area contributed by atoms with E-state index in [1.165, 1.54) is 6.08 Å². The van der Waals surface area contributed by atoms with E-state index in [0.717, 1.165) is 11.1 Å². The number of carbonyl (C=O) groups excluding carboxylic acids is 1. The number of hydrogen-bond donors (Lipinski definition) is 0. The first-order valence-corrected chi connectivity index (χ1v) is 6.51. The standard InChI is InChI=1S/C17H15N3O/c1-20(13-16-6-4-14(11-18)5-7-16)17(21)9-8-15-3-2-10-19-12-15/h2-10,12H,13H2,1H3/b9-8+. The third-order valence-corrected chi connectivity index (χ3v) is 2.98. The van der Waals surface area contributed by atoms with Crippen LogP contribution in [0.5, 0.6) is 0 Å². The molecule has 104 valence electrons. The number of nitriles is 1. The zero-order chi connectivity index (χ0) is 15.1. The Bertz CT molecular complexity index is 669. The lowest BCUT2D eigenvalue weighted by atomic mass is 10.1. The topological polar surface area (TPSA) is 57.0 Å². The van der Waals surface area contributed by atoms with E-state index >= 15 is 0 Å². The number of hydrogen-bond acceptors (Lipinski definition) is 3. The van der Waals surface area contributed by atoms with E-state index in [4.69, 9.17) is 5.26 Å². The second kappa shape index (κ2) is 7.01. The van der Waals surface area contributed by atoms with Crippen molar-refractivity contribution in [3.8, 4) is 6.07 Å². The summed E-state index contributed by atoms with van der Waals surface area (Å²) in [5, 5.41) is 8.75. The molecule has 1 aromatic heterocycles. The lowest BCUT2D eigenvalue weighted by Crippen LogP contribution is -2.24. The van der Waals surface area contributed by atoms with Crippen molar-refractivity contribution in [3.05, 3.63) is 71.6 Å². The number of pyridine rings is 1. The van der Waals surface area contributed by atoms with Gasteiger partial charge in [-0.2, -0.15) is 5.26 Å². The van der Waals surface area contributed by atoms with E-state index in [-0.39, 0.29) is 5.91 Å². The van der Waals surface area contributed by atoms with Crippen molar-refractivity contribution in [2.75, 3.05) is 7.05 Å². The molecule has 0 fully saturated rings. The highest BCUT2D eigenvalue weighted by Crippen LogP contribution is 2.07. The second-order valence-electron chi connectivity index (χ2n) is 4.62. The molecule has 0 bridgehead atoms. The van der Waals surface area contributed by atoms with Crippen LogP contribution in [-0.4, -0.2) is 22.8 Å². The Balaban J connectivity index is 1.96. The maximum absolute atomic E-state index is 12.0. The van der Waals surface area contributed by atoms with Crippen LogP contribution >= 0.6 is 0 Å². The third kappa shape index (κ3) is 4.29. The Morgan fingerprint density at radius 3 is 2.71 bits per heavy atom. The van der Waals surface area contributed by atoms with Crippen molar-refractivity contribution < 1.29 is 4.79 Å². The molecule has 4 nitrogen and oxygen atoms in total. The molecular formula is C17H15N3O. The highest BCUT2D eigenvalue weighted by molar-refractivity contribution is 5.91. The van der Waals surface area contributed by atoms with Crippen LogP contribution in [0.1, 0.15) is 16.7 Å². The molecule has 0 aliphatic carbocycles. The van der Waals surface area contributed by atoms with Gasteiger partial charge in [-0.15, -0.1) is 0 Å². The molecule has 1 amide bonds. The van der Waals surface area contributed by atoms with E-state index in [1.54, 1.807) is 42.6 Å². The first kappa shape index (κ1) is 14.5. The predicted molar refractivity (Wildman–Crippen MR) is 80.9 cm³/mol. The number of likely N-dealkylation sites (N-methyl/N-ethyl adjacent to an activating group) is 1. The zero-order valence-electron chi connectivity index (χ0n) is 11.7. The van der Waals surface area contributed by atoms with Gasteiger partial charge in [0.25, 0.3) is 0 Å². The van der Waals surface area contributed by atoms with Gasteiger partial charge in [0.1, 0.15) is 0 Å². The lowest BCUT2D eigenvalue weighted by Gasteiger charge is -2.15. The quantitative estimate of drug-likeness (QED) is 0.807. The Morgan fingerprint density at radius 2 is 2.10 bits per heavy atom. The van der Waals surface area contributed by atoms with Gasteiger partial charge < -0.3 is 4.90 Å². The van der Waals surface area contributed by atoms with Gasteiger partial charge in [0.15, 0.2) is 0 Å². The van der Waals surface area contributed by atoms with E-state index in [9.17, 15) is 4.79 Å². The van der Waals surface area contributed by atoms with Gasteiger partial charge >= 0.3 is 0 Å². The Labute approximate surface area is 124 Å². The highest BCUT2D eigenvalue weighted by atomic mass is 16.2. The van der Waals surface area contributed by atoms with Crippen molar-refractivity contribution in [1.29, 1.82) is 5.26 Å². The summed E-state index contributed by atoms with van der Waals surface area (Å²) in [5.41, 5.74) is 2.49. The maximum Gasteiger partial charge on any atom is 0.246 e. The molecule has 0 unspecified atom stereocenters. The SMILES string of the molecule is CN(Cc1ccc(C#N)cc1)C(=O)/C=C/c1cccnc1. The number of carbonyl (C=O) groups is 1. The van der Waals surface area contributed by atoms with E-state index in [0.29, 0.717) is 12.1 Å². The molecule has 0 atom stereocenters. The molecule has 1 aromatic carbocycles. The summed E-state index contributed by atoms with van der Waals surface area (Å²) in [6.45, 7) is 0.502. The minimum absolute atomic E-state index is 0.0804. The van der Waals surface area contributed by atoms with Gasteiger partial charge in [0.05, 0.1) is 11.6 Å². The number of nitrogens with zero attached hydrogens (tertiary/aromatic N) is 3. The monoisotopic (exact) mass is 277 g/mol. The summed E-state index contributed by atoms with van der Waals surface area (Å²) >= 11 is 0. The molecule has 0 spiro atoms. The highest BCUT2D eigenvalue weighted by Gasteiger charge is 2.05. The van der Waals surface area contributed by atoms with Crippen LogP contribution in [-0.2, 0) is 11.3 Å². The van der Waals surface area contributed by atoms with Crippen LogP contribution < -0.4 is 0 Å². The number of benzene rings is 1. The fourth-order valence-electron chi connectivity index (χ4n) is 1.81. The summed E-state index contributed by atoms with van der Waals surface area (Å²) in [6, 6.07) is 13.0. The van der Waals surface area contributed by atoms with E-state index in [1.807, 2.05) is 24.3 Å². The smallest absolute Gasteiger partial charge is 0.246 e. The summed E-state index contributed by atoms with van der Waals surface area (Å²) in [6.07, 6.45) is 6.66. The molecular weight excluding hydrogens is 262 g/mol. The minimum atomic E-state index is -0.0804. The summed E-state index contributed by atoms with van der Waals surface area (Å²) in [7, 11) is 1.74. The van der Waals surface area contributed by atoms with Crippen molar-refractivity contribution in [1.82, 2.24) is 9.88 Å². The van der Waals surface area contributed by atoms with Gasteiger partial charge in [-0.1, -0.05) is 18.2 Å². The molecule has 0 aliphatic rings. The van der Waals surface area contributed by atoms with Gasteiger partial charge in [-0.3, -0.25) is 9.78 Å². The molecule has 0 aliphatic heterocycles. The number of aromatic nitrogens is 1. The van der Waals surface area contributed by atoms with Crippen LogP contribution in [0, 0.1) is 11.3 Å². The molecule has 2 aromatic rings. The first-order chi connectivity index (χ1) is 10.2. The number of rotatable bonds is 4. The van der Waals surface area contributed by atoms with Crippen LogP contribution in [0.25, 0.3) is 6.08 Å². The molecule has 21 heavy (non-hydrogen) atoms. The van der Waals surface area contributed by atoms with Crippen LogP contribution in [0.4, 0.5) is 0 Å². The number of amides is 1. The molecule has 1 heterocycles. The van der Waals surface area contributed by atoms with Crippen molar-refractivity contribution in [3.63, 3.8) is 0 Å². The normalized spacial score (nSPS) is 10.3. The lowest BCUT2D eigenvalue weighted by molar-refractivity contribution is -0.125. The van der Waals surface area contributed by atoms with E-state index < -0.39 is 0 Å². The van der Waals surface area contributed by atoms with Crippen LogP contribution in [0.3, 0.4) is 0 Å². The van der Waals surface area contributed by atoms with Crippen molar-refractivity contribution >= 4 is 12.0 Å². The fraction of sp³-hybridized carbons (Fsp3) is 0.118. The summed E-state index contributed by atoms with van der Waals surface area (Å²) in [5.74, 6) is -0.0804. The third-order valence-electron chi connectivity index (χ3n) is 2.98. The van der Waals surface area contributed by atoms with Crippen molar-refractivity contribution in [2.24, 2.45) is 0 Å². The Hall–Kier alpha value is -2.93. The fourth-order valence-corrected chi connectivity index (χ4v) is 1.81. The summed E-state index contributed by atoms with van der Waals surface area (Å²) in [4.78, 5) is 17.6. The molecule has 0 N–H and O–H groups in total. The molecule has 4 heteroatoms. The maximum atomic E-state index is 12.0. The second-order valence-corrected chi connectivity index (χ2v) is 4.62. The average Bonchev–Trinajstić information content (AvgIpc) is 2.54. The van der Waals surface area contributed by atoms with Crippen LogP contribution in [0.15, 0.2) is 54.9 Å². The largest absolute Gasteiger partial charge is 0.338 e. The van der Waals surface area contributed by atoms with Gasteiger partial charge in [-0.25, -0.2) is 0 Å². The molecule has 2 rings (SSSR count). The van der Waals surface area contributed by atoms with Gasteiger partial charge in [0, 0.05) is 32.1 Å².